The van der Waals surface area contributed by atoms with Gasteiger partial charge in [0.25, 0.3) is 0 Å². The van der Waals surface area contributed by atoms with E-state index in [1.807, 2.05) is 6.07 Å². The molecule has 3 aromatic rings. The molecule has 9 heteroatoms. The summed E-state index contributed by atoms with van der Waals surface area (Å²) < 4.78 is 14.8. The topological polar surface area (TPSA) is 63.1 Å². The van der Waals surface area contributed by atoms with Gasteiger partial charge in [-0.3, -0.25) is 9.88 Å². The number of aromatic hydroxyl groups is 1. The molecule has 1 aromatic heterocycles. The average molecular weight is 510 g/mol. The monoisotopic (exact) mass is 509 g/mol. The molecule has 0 aliphatic carbocycles. The highest BCUT2D eigenvalue weighted by atomic mass is 35.5. The van der Waals surface area contributed by atoms with E-state index >= 15 is 0 Å². The van der Waals surface area contributed by atoms with Crippen LogP contribution in [0.3, 0.4) is 0 Å². The van der Waals surface area contributed by atoms with Gasteiger partial charge in [-0.15, -0.1) is 0 Å². The van der Waals surface area contributed by atoms with E-state index in [1.54, 1.807) is 47.4 Å². The van der Waals surface area contributed by atoms with Crippen molar-refractivity contribution in [1.82, 2.24) is 14.8 Å². The molecule has 188 valence electrons. The van der Waals surface area contributed by atoms with Gasteiger partial charge < -0.3 is 19.8 Å². The largest absolute Gasteiger partial charge is 0.507 e. The number of rotatable bonds is 5. The van der Waals surface area contributed by atoms with Crippen LogP contribution in [0.15, 0.2) is 48.8 Å². The highest BCUT2D eigenvalue weighted by molar-refractivity contribution is 6.34. The number of phenolic OH excluding ortho intramolecular Hbond substituents is 1. The van der Waals surface area contributed by atoms with E-state index < -0.39 is 5.82 Å². The highest BCUT2D eigenvalue weighted by Gasteiger charge is 2.28. The van der Waals surface area contributed by atoms with Gasteiger partial charge >= 0.3 is 6.03 Å². The Morgan fingerprint density at radius 2 is 1.81 bits per heavy atom. The minimum Gasteiger partial charge on any atom is -0.507 e. The first-order chi connectivity index (χ1) is 17.2. The number of urea groups is 1. The van der Waals surface area contributed by atoms with Crippen molar-refractivity contribution in [3.05, 3.63) is 59.6 Å². The Morgan fingerprint density at radius 1 is 1.06 bits per heavy atom. The lowest BCUT2D eigenvalue weighted by Gasteiger charge is -2.22. The minimum absolute atomic E-state index is 0.0521. The number of hydrogen-bond donors (Lipinski definition) is 1. The maximum absolute atomic E-state index is 14.8. The molecule has 0 spiro atoms. The van der Waals surface area contributed by atoms with E-state index in [-0.39, 0.29) is 11.8 Å². The zero-order valence-electron chi connectivity index (χ0n) is 20.6. The zero-order chi connectivity index (χ0) is 25.6. The van der Waals surface area contributed by atoms with E-state index in [9.17, 15) is 14.3 Å². The summed E-state index contributed by atoms with van der Waals surface area (Å²) in [4.78, 5) is 24.5. The van der Waals surface area contributed by atoms with Gasteiger partial charge in [0, 0.05) is 62.2 Å². The quantitative estimate of drug-likeness (QED) is 0.528. The van der Waals surface area contributed by atoms with Gasteiger partial charge in [0.2, 0.25) is 0 Å². The SMILES string of the molecule is CN1CCN(c2ccc(-c3cc(F)cc(-c4cncc(N5CC[C@H](N(C)C)C5)c4)c3O)cc2Cl)C1=O. The lowest BCUT2D eigenvalue weighted by atomic mass is 9.97. The first-order valence-corrected chi connectivity index (χ1v) is 12.3. The van der Waals surface area contributed by atoms with Crippen molar-refractivity contribution in [2.45, 2.75) is 12.5 Å². The number of likely N-dealkylation sites (N-methyl/N-ethyl adjacent to an activating group) is 2. The predicted molar refractivity (Wildman–Crippen MR) is 141 cm³/mol. The van der Waals surface area contributed by atoms with Gasteiger partial charge in [0.1, 0.15) is 11.6 Å². The second-order valence-corrected chi connectivity index (χ2v) is 10.1. The maximum atomic E-state index is 14.8. The molecule has 2 aliphatic rings. The Kier molecular flexibility index (Phi) is 6.49. The summed E-state index contributed by atoms with van der Waals surface area (Å²) in [5, 5.41) is 11.6. The third-order valence-electron chi connectivity index (χ3n) is 7.13. The number of pyridine rings is 1. The molecule has 2 aliphatic heterocycles. The molecule has 0 saturated carbocycles. The van der Waals surface area contributed by atoms with Crippen molar-refractivity contribution in [3.8, 4) is 28.0 Å². The Hall–Kier alpha value is -3.36. The number of amides is 2. The van der Waals surface area contributed by atoms with Crippen molar-refractivity contribution in [1.29, 1.82) is 0 Å². The number of nitrogens with zero attached hydrogens (tertiary/aromatic N) is 5. The van der Waals surface area contributed by atoms with E-state index in [4.69, 9.17) is 11.6 Å². The van der Waals surface area contributed by atoms with Crippen LogP contribution in [-0.4, -0.2) is 79.3 Å². The zero-order valence-corrected chi connectivity index (χ0v) is 21.3. The molecule has 2 fully saturated rings. The second-order valence-electron chi connectivity index (χ2n) is 9.66. The van der Waals surface area contributed by atoms with Crippen LogP contribution >= 0.6 is 11.6 Å². The summed E-state index contributed by atoms with van der Waals surface area (Å²) in [6.07, 6.45) is 4.49. The molecule has 0 radical (unpaired) electrons. The third-order valence-corrected chi connectivity index (χ3v) is 7.44. The molecule has 1 N–H and O–H groups in total. The van der Waals surface area contributed by atoms with Gasteiger partial charge in [0.15, 0.2) is 0 Å². The molecule has 2 amide bonds. The van der Waals surface area contributed by atoms with Crippen LogP contribution in [0.5, 0.6) is 5.75 Å². The first-order valence-electron chi connectivity index (χ1n) is 11.9. The number of carbonyl (C=O) groups excluding carboxylic acids is 1. The van der Waals surface area contributed by atoms with Crippen molar-refractivity contribution in [2.75, 3.05) is 57.1 Å². The number of halogens is 2. The predicted octanol–water partition coefficient (Wildman–Crippen LogP) is 4.93. The van der Waals surface area contributed by atoms with E-state index in [2.05, 4.69) is 28.9 Å². The highest BCUT2D eigenvalue weighted by Crippen LogP contribution is 2.42. The first kappa shape index (κ1) is 24.3. The average Bonchev–Trinajstić information content (AvgIpc) is 3.48. The fourth-order valence-electron chi connectivity index (χ4n) is 4.95. The van der Waals surface area contributed by atoms with Gasteiger partial charge in [-0.05, 0) is 56.4 Å². The van der Waals surface area contributed by atoms with Gasteiger partial charge in [-0.1, -0.05) is 17.7 Å². The third kappa shape index (κ3) is 4.47. The number of hydrogen-bond acceptors (Lipinski definition) is 5. The van der Waals surface area contributed by atoms with Crippen molar-refractivity contribution < 1.29 is 14.3 Å². The van der Waals surface area contributed by atoms with Crippen LogP contribution in [0.1, 0.15) is 6.42 Å². The summed E-state index contributed by atoms with van der Waals surface area (Å²) in [5.41, 5.74) is 3.40. The van der Waals surface area contributed by atoms with E-state index in [0.717, 1.165) is 25.2 Å². The standard InChI is InChI=1S/C27H29ClFN5O2/c1-31(2)20-6-7-33(16-20)21-10-18(14-30-15-21)23-13-19(29)12-22(26(23)35)17-4-5-25(24(28)11-17)34-9-8-32(3)27(34)36/h4-5,10-15,20,35H,6-9,16H2,1-3H3/t20-/m0/s1. The van der Waals surface area contributed by atoms with E-state index in [0.29, 0.717) is 52.1 Å². The fourth-order valence-corrected chi connectivity index (χ4v) is 5.23. The Balaban J connectivity index is 1.48. The van der Waals surface area contributed by atoms with Crippen molar-refractivity contribution in [2.24, 2.45) is 0 Å². The van der Waals surface area contributed by atoms with Gasteiger partial charge in [-0.2, -0.15) is 0 Å². The number of carbonyl (C=O) groups is 1. The second kappa shape index (κ2) is 9.59. The number of anilines is 2. The van der Waals surface area contributed by atoms with Crippen molar-refractivity contribution >= 4 is 29.0 Å². The number of phenols is 1. The molecular formula is C27H29ClFN5O2. The van der Waals surface area contributed by atoms with Crippen LogP contribution in [0.2, 0.25) is 5.02 Å². The summed E-state index contributed by atoms with van der Waals surface area (Å²) in [6.45, 7) is 2.96. The fraction of sp³-hybridized carbons (Fsp3) is 0.333. The van der Waals surface area contributed by atoms with Crippen LogP contribution in [0.25, 0.3) is 22.3 Å². The molecule has 2 aromatic carbocycles. The summed E-state index contributed by atoms with van der Waals surface area (Å²) in [6, 6.07) is 10.0. The molecule has 1 atom stereocenters. The Morgan fingerprint density at radius 3 is 2.44 bits per heavy atom. The smallest absolute Gasteiger partial charge is 0.324 e. The molecule has 5 rings (SSSR count). The van der Waals surface area contributed by atoms with E-state index in [1.165, 1.54) is 12.1 Å². The molecule has 7 nitrogen and oxygen atoms in total. The number of aromatic nitrogens is 1. The van der Waals surface area contributed by atoms with Gasteiger partial charge in [-0.25, -0.2) is 9.18 Å². The lowest BCUT2D eigenvalue weighted by molar-refractivity contribution is 0.229. The maximum Gasteiger partial charge on any atom is 0.324 e. The molecule has 3 heterocycles. The summed E-state index contributed by atoms with van der Waals surface area (Å²) in [5.74, 6) is -0.530. The van der Waals surface area contributed by atoms with Crippen LogP contribution in [-0.2, 0) is 0 Å². The summed E-state index contributed by atoms with van der Waals surface area (Å²) >= 11 is 6.54. The van der Waals surface area contributed by atoms with Crippen LogP contribution < -0.4 is 9.80 Å². The van der Waals surface area contributed by atoms with Crippen LogP contribution in [0.4, 0.5) is 20.6 Å². The van der Waals surface area contributed by atoms with Gasteiger partial charge in [0.05, 0.1) is 22.6 Å². The molecule has 2 saturated heterocycles. The van der Waals surface area contributed by atoms with Crippen LogP contribution in [0, 0.1) is 5.82 Å². The molecule has 0 unspecified atom stereocenters. The summed E-state index contributed by atoms with van der Waals surface area (Å²) in [7, 11) is 5.90. The lowest BCUT2D eigenvalue weighted by Crippen LogP contribution is -2.31. The molecule has 36 heavy (non-hydrogen) atoms. The normalized spacial score (nSPS) is 18.1. The molecule has 0 bridgehead atoms. The Labute approximate surface area is 215 Å². The van der Waals surface area contributed by atoms with Crippen molar-refractivity contribution in [3.63, 3.8) is 0 Å². The Bertz CT molecular complexity index is 1320. The number of benzene rings is 2. The minimum atomic E-state index is -0.478. The molecular weight excluding hydrogens is 481 g/mol.